The molecular weight excluding hydrogens is 246 g/mol. The van der Waals surface area contributed by atoms with Crippen molar-refractivity contribution in [2.45, 2.75) is 5.92 Å². The molecule has 1 atom stereocenters. The first kappa shape index (κ1) is 10.1. The van der Waals surface area contributed by atoms with E-state index in [4.69, 9.17) is 4.99 Å². The molecule has 0 amide bonds. The van der Waals surface area contributed by atoms with Gasteiger partial charge in [0.15, 0.2) is 0 Å². The quantitative estimate of drug-likeness (QED) is 0.602. The van der Waals surface area contributed by atoms with Gasteiger partial charge in [0.1, 0.15) is 0 Å². The Kier molecular flexibility index (Phi) is 1.75. The average Bonchev–Trinajstić information content (AvgIpc) is 3.11. The molecule has 3 aromatic rings. The van der Waals surface area contributed by atoms with Crippen LogP contribution in [0.1, 0.15) is 11.6 Å². The fourth-order valence-corrected chi connectivity index (χ4v) is 3.25. The highest BCUT2D eigenvalue weighted by Gasteiger charge is 2.29. The molecular formula is C17H11N3. The Morgan fingerprint density at radius 3 is 3.10 bits per heavy atom. The van der Waals surface area contributed by atoms with Crippen molar-refractivity contribution < 1.29 is 0 Å². The van der Waals surface area contributed by atoms with Crippen LogP contribution in [-0.2, 0) is 0 Å². The van der Waals surface area contributed by atoms with Crippen LogP contribution in [0.15, 0.2) is 66.0 Å². The van der Waals surface area contributed by atoms with E-state index in [-0.39, 0.29) is 5.92 Å². The highest BCUT2D eigenvalue weighted by Crippen LogP contribution is 2.43. The molecule has 0 saturated carbocycles. The van der Waals surface area contributed by atoms with Crippen molar-refractivity contribution in [1.82, 2.24) is 9.38 Å². The molecule has 5 rings (SSSR count). The summed E-state index contributed by atoms with van der Waals surface area (Å²) in [5.74, 6) is 0.259. The lowest BCUT2D eigenvalue weighted by Crippen LogP contribution is -2.08. The Bertz CT molecular complexity index is 957. The second kappa shape index (κ2) is 3.45. The molecule has 1 aliphatic heterocycles. The maximum atomic E-state index is 4.85. The molecule has 2 aliphatic rings. The zero-order valence-corrected chi connectivity index (χ0v) is 10.7. The molecule has 94 valence electrons. The van der Waals surface area contributed by atoms with Crippen molar-refractivity contribution in [2.75, 3.05) is 0 Å². The SMILES string of the molecule is C1=CC2=Nc3c(n4cccc4c4ncccc34)C2C=C1. The van der Waals surface area contributed by atoms with Crippen LogP contribution in [-0.4, -0.2) is 15.1 Å². The van der Waals surface area contributed by atoms with Crippen LogP contribution in [0.2, 0.25) is 0 Å². The van der Waals surface area contributed by atoms with Gasteiger partial charge in [0, 0.05) is 17.8 Å². The topological polar surface area (TPSA) is 29.7 Å². The van der Waals surface area contributed by atoms with Gasteiger partial charge < -0.3 is 4.40 Å². The molecule has 20 heavy (non-hydrogen) atoms. The summed E-state index contributed by atoms with van der Waals surface area (Å²) in [6.07, 6.45) is 12.4. The first-order valence-corrected chi connectivity index (χ1v) is 6.74. The number of aromatic nitrogens is 2. The van der Waals surface area contributed by atoms with Crippen LogP contribution in [0, 0.1) is 0 Å². The number of hydrogen-bond acceptors (Lipinski definition) is 2. The third-order valence-corrected chi connectivity index (χ3v) is 4.09. The minimum absolute atomic E-state index is 0.259. The summed E-state index contributed by atoms with van der Waals surface area (Å²) >= 11 is 0. The van der Waals surface area contributed by atoms with Gasteiger partial charge in [0.2, 0.25) is 0 Å². The molecule has 4 heterocycles. The summed E-state index contributed by atoms with van der Waals surface area (Å²) in [5.41, 5.74) is 5.61. The smallest absolute Gasteiger partial charge is 0.0964 e. The Morgan fingerprint density at radius 2 is 2.10 bits per heavy atom. The highest BCUT2D eigenvalue weighted by atomic mass is 15.0. The largest absolute Gasteiger partial charge is 0.316 e. The maximum absolute atomic E-state index is 4.85. The van der Waals surface area contributed by atoms with Crippen LogP contribution in [0.4, 0.5) is 5.69 Å². The van der Waals surface area contributed by atoms with Crippen molar-refractivity contribution in [3.63, 3.8) is 0 Å². The van der Waals surface area contributed by atoms with Gasteiger partial charge in [0.25, 0.3) is 0 Å². The lowest BCUT2D eigenvalue weighted by atomic mass is 9.95. The molecule has 0 spiro atoms. The van der Waals surface area contributed by atoms with Gasteiger partial charge in [-0.2, -0.15) is 0 Å². The lowest BCUT2D eigenvalue weighted by molar-refractivity contribution is 1.01. The zero-order valence-electron chi connectivity index (χ0n) is 10.7. The first-order chi connectivity index (χ1) is 9.93. The number of fused-ring (bicyclic) bond motifs is 8. The summed E-state index contributed by atoms with van der Waals surface area (Å²) in [4.78, 5) is 9.40. The van der Waals surface area contributed by atoms with Gasteiger partial charge in [-0.25, -0.2) is 4.99 Å². The molecule has 1 unspecified atom stereocenters. The Hall–Kier alpha value is -2.68. The van der Waals surface area contributed by atoms with Crippen LogP contribution < -0.4 is 0 Å². The van der Waals surface area contributed by atoms with Crippen LogP contribution in [0.25, 0.3) is 16.4 Å². The minimum Gasteiger partial charge on any atom is -0.316 e. The van der Waals surface area contributed by atoms with E-state index in [2.05, 4.69) is 58.1 Å². The summed E-state index contributed by atoms with van der Waals surface area (Å²) in [7, 11) is 0. The number of pyridine rings is 2. The van der Waals surface area contributed by atoms with Crippen LogP contribution in [0.3, 0.4) is 0 Å². The number of hydrogen-bond donors (Lipinski definition) is 0. The van der Waals surface area contributed by atoms with Gasteiger partial charge in [-0.1, -0.05) is 18.2 Å². The highest BCUT2D eigenvalue weighted by molar-refractivity contribution is 6.13. The molecule has 3 heteroatoms. The van der Waals surface area contributed by atoms with Gasteiger partial charge in [0.05, 0.1) is 34.0 Å². The zero-order chi connectivity index (χ0) is 13.1. The standard InChI is InChI=1S/C17H11N3/c1-2-7-13-11(5-1)17-16(19-13)12-6-3-9-18-15(12)14-8-4-10-20(14)17/h1-11H. The van der Waals surface area contributed by atoms with E-state index in [0.29, 0.717) is 0 Å². The predicted molar refractivity (Wildman–Crippen MR) is 80.8 cm³/mol. The molecule has 0 radical (unpaired) electrons. The number of nitrogens with zero attached hydrogens (tertiary/aromatic N) is 3. The Labute approximate surface area is 115 Å². The van der Waals surface area contributed by atoms with E-state index >= 15 is 0 Å². The van der Waals surface area contributed by atoms with Crippen molar-refractivity contribution in [2.24, 2.45) is 4.99 Å². The normalized spacial score (nSPS) is 19.4. The molecule has 0 fully saturated rings. The fraction of sp³-hybridized carbons (Fsp3) is 0.0588. The average molecular weight is 257 g/mol. The van der Waals surface area contributed by atoms with E-state index in [1.54, 1.807) is 0 Å². The van der Waals surface area contributed by atoms with E-state index in [1.165, 1.54) is 5.69 Å². The third-order valence-electron chi connectivity index (χ3n) is 4.09. The van der Waals surface area contributed by atoms with Crippen molar-refractivity contribution >= 4 is 27.8 Å². The lowest BCUT2D eigenvalue weighted by Gasteiger charge is -2.14. The van der Waals surface area contributed by atoms with E-state index in [9.17, 15) is 0 Å². The second-order valence-corrected chi connectivity index (χ2v) is 5.16. The summed E-state index contributed by atoms with van der Waals surface area (Å²) in [6.45, 7) is 0. The third kappa shape index (κ3) is 1.11. The minimum atomic E-state index is 0.259. The predicted octanol–water partition coefficient (Wildman–Crippen LogP) is 3.78. The Balaban J connectivity index is 2.03. The molecule has 0 saturated heterocycles. The summed E-state index contributed by atoms with van der Waals surface area (Å²) < 4.78 is 2.23. The monoisotopic (exact) mass is 257 g/mol. The number of rotatable bonds is 0. The molecule has 3 aromatic heterocycles. The van der Waals surface area contributed by atoms with Crippen LogP contribution >= 0.6 is 0 Å². The summed E-state index contributed by atoms with van der Waals surface area (Å²) in [6, 6.07) is 8.29. The second-order valence-electron chi connectivity index (χ2n) is 5.16. The fourth-order valence-electron chi connectivity index (χ4n) is 3.25. The van der Waals surface area contributed by atoms with Crippen LogP contribution in [0.5, 0.6) is 0 Å². The van der Waals surface area contributed by atoms with Crippen molar-refractivity contribution in [3.8, 4) is 0 Å². The summed E-state index contributed by atoms with van der Waals surface area (Å²) in [5, 5.41) is 1.14. The van der Waals surface area contributed by atoms with Gasteiger partial charge >= 0.3 is 0 Å². The van der Waals surface area contributed by atoms with Crippen molar-refractivity contribution in [3.05, 3.63) is 66.7 Å². The van der Waals surface area contributed by atoms with Gasteiger partial charge in [-0.3, -0.25) is 4.98 Å². The van der Waals surface area contributed by atoms with Gasteiger partial charge in [-0.15, -0.1) is 0 Å². The van der Waals surface area contributed by atoms with E-state index in [1.807, 2.05) is 12.3 Å². The molecule has 0 N–H and O–H groups in total. The Morgan fingerprint density at radius 1 is 1.10 bits per heavy atom. The number of allylic oxidation sites excluding steroid dienone is 4. The maximum Gasteiger partial charge on any atom is 0.0964 e. The van der Waals surface area contributed by atoms with E-state index in [0.717, 1.165) is 27.8 Å². The van der Waals surface area contributed by atoms with E-state index < -0.39 is 0 Å². The first-order valence-electron chi connectivity index (χ1n) is 6.74. The molecule has 0 bridgehead atoms. The van der Waals surface area contributed by atoms with Crippen molar-refractivity contribution in [1.29, 1.82) is 0 Å². The number of aliphatic imine (C=N–C) groups is 1. The molecule has 1 aliphatic carbocycles. The van der Waals surface area contributed by atoms with Gasteiger partial charge in [-0.05, 0) is 30.3 Å². The molecule has 0 aromatic carbocycles. The molecule has 3 nitrogen and oxygen atoms in total.